The number of ether oxygens (including phenoxy) is 1. The van der Waals surface area contributed by atoms with Crippen LogP contribution in [0.5, 0.6) is 5.75 Å². The summed E-state index contributed by atoms with van der Waals surface area (Å²) in [6.07, 6.45) is 2.41. The highest BCUT2D eigenvalue weighted by Crippen LogP contribution is 2.51. The van der Waals surface area contributed by atoms with Crippen LogP contribution in [0, 0.1) is 5.41 Å². The highest BCUT2D eigenvalue weighted by atomic mass is 32.1. The van der Waals surface area contributed by atoms with Gasteiger partial charge < -0.3 is 15.4 Å². The molecule has 0 spiro atoms. The molecular formula is C29H29N3O2S. The molecule has 0 saturated heterocycles. The number of fused-ring (bicyclic) bond motifs is 1. The fraction of sp³-hybridized carbons (Fsp3) is 0.241. The van der Waals surface area contributed by atoms with Crippen LogP contribution in [0.2, 0.25) is 0 Å². The number of benzene rings is 3. The van der Waals surface area contributed by atoms with Gasteiger partial charge in [-0.3, -0.25) is 4.79 Å². The first-order chi connectivity index (χ1) is 17.1. The van der Waals surface area contributed by atoms with E-state index in [1.807, 2.05) is 35.7 Å². The smallest absolute Gasteiger partial charge is 0.233 e. The van der Waals surface area contributed by atoms with Gasteiger partial charge >= 0.3 is 0 Å². The molecule has 6 heteroatoms. The second-order valence-corrected chi connectivity index (χ2v) is 10.1. The zero-order chi connectivity index (χ0) is 24.3. The molecule has 1 aliphatic carbocycles. The molecule has 1 aromatic heterocycles. The minimum atomic E-state index is -0.607. The molecule has 5 rings (SSSR count). The van der Waals surface area contributed by atoms with Crippen molar-refractivity contribution >= 4 is 22.4 Å². The van der Waals surface area contributed by atoms with Crippen LogP contribution in [0.25, 0.3) is 0 Å². The lowest BCUT2D eigenvalue weighted by Gasteiger charge is -2.31. The van der Waals surface area contributed by atoms with Crippen LogP contribution in [-0.2, 0) is 24.3 Å². The summed E-state index contributed by atoms with van der Waals surface area (Å²) in [5.41, 5.74) is 5.44. The minimum absolute atomic E-state index is 0.0108. The molecule has 3 aromatic carbocycles. The maximum atomic E-state index is 13.6. The normalized spacial score (nSPS) is 18.7. The van der Waals surface area contributed by atoms with Gasteiger partial charge in [-0.05, 0) is 53.3 Å². The third kappa shape index (κ3) is 4.85. The first-order valence-corrected chi connectivity index (χ1v) is 12.7. The van der Waals surface area contributed by atoms with Crippen molar-refractivity contribution in [3.63, 3.8) is 0 Å². The lowest BCUT2D eigenvalue weighted by molar-refractivity contribution is -0.125. The number of amides is 1. The van der Waals surface area contributed by atoms with Gasteiger partial charge in [-0.25, -0.2) is 4.98 Å². The van der Waals surface area contributed by atoms with Gasteiger partial charge in [-0.1, -0.05) is 60.7 Å². The number of carbonyl (C=O) groups excluding carboxylic acids is 1. The number of nitrogens with zero attached hydrogens (tertiary/aromatic N) is 1. The van der Waals surface area contributed by atoms with E-state index in [2.05, 4.69) is 65.0 Å². The monoisotopic (exact) mass is 483 g/mol. The van der Waals surface area contributed by atoms with Crippen molar-refractivity contribution in [3.8, 4) is 5.75 Å². The van der Waals surface area contributed by atoms with E-state index in [9.17, 15) is 4.79 Å². The van der Waals surface area contributed by atoms with E-state index >= 15 is 0 Å². The number of carbonyl (C=O) groups is 1. The van der Waals surface area contributed by atoms with Gasteiger partial charge in [-0.15, -0.1) is 11.3 Å². The van der Waals surface area contributed by atoms with Crippen molar-refractivity contribution < 1.29 is 9.53 Å². The van der Waals surface area contributed by atoms with Crippen molar-refractivity contribution in [1.29, 1.82) is 0 Å². The van der Waals surface area contributed by atoms with Crippen LogP contribution in [0.3, 0.4) is 0 Å². The summed E-state index contributed by atoms with van der Waals surface area (Å²) >= 11 is 1.44. The summed E-state index contributed by atoms with van der Waals surface area (Å²) in [7, 11) is 1.68. The zero-order valence-electron chi connectivity index (χ0n) is 20.0. The molecule has 4 aromatic rings. The maximum Gasteiger partial charge on any atom is 0.233 e. The van der Waals surface area contributed by atoms with E-state index < -0.39 is 5.41 Å². The predicted octanol–water partition coefficient (Wildman–Crippen LogP) is 5.77. The second-order valence-electron chi connectivity index (χ2n) is 9.21. The average molecular weight is 484 g/mol. The van der Waals surface area contributed by atoms with Crippen molar-refractivity contribution in [2.75, 3.05) is 12.4 Å². The quantitative estimate of drug-likeness (QED) is 0.334. The molecule has 5 nitrogen and oxygen atoms in total. The maximum absolute atomic E-state index is 13.6. The van der Waals surface area contributed by atoms with E-state index in [0.717, 1.165) is 24.4 Å². The van der Waals surface area contributed by atoms with Crippen LogP contribution in [0.4, 0.5) is 5.13 Å². The van der Waals surface area contributed by atoms with Crippen LogP contribution >= 0.6 is 11.3 Å². The summed E-state index contributed by atoms with van der Waals surface area (Å²) in [6, 6.07) is 25.1. The predicted molar refractivity (Wildman–Crippen MR) is 141 cm³/mol. The van der Waals surface area contributed by atoms with Gasteiger partial charge in [0.15, 0.2) is 5.13 Å². The lowest BCUT2D eigenvalue weighted by atomic mass is 9.73. The Labute approximate surface area is 210 Å². The summed E-state index contributed by atoms with van der Waals surface area (Å²) in [5.74, 6) is 0.846. The van der Waals surface area contributed by atoms with Crippen molar-refractivity contribution in [1.82, 2.24) is 10.3 Å². The van der Waals surface area contributed by atoms with E-state index in [1.165, 1.54) is 33.6 Å². The minimum Gasteiger partial charge on any atom is -0.497 e. The molecule has 178 valence electrons. The molecule has 2 N–H and O–H groups in total. The molecule has 0 saturated carbocycles. The zero-order valence-corrected chi connectivity index (χ0v) is 20.8. The first-order valence-electron chi connectivity index (χ1n) is 11.8. The first kappa shape index (κ1) is 23.3. The van der Waals surface area contributed by atoms with Gasteiger partial charge in [0.2, 0.25) is 5.91 Å². The molecule has 2 unspecified atom stereocenters. The number of nitrogens with one attached hydrogen (secondary N) is 2. The molecule has 35 heavy (non-hydrogen) atoms. The van der Waals surface area contributed by atoms with Crippen LogP contribution in [-0.4, -0.2) is 18.0 Å². The molecule has 0 aliphatic heterocycles. The number of aromatic nitrogens is 1. The van der Waals surface area contributed by atoms with Gasteiger partial charge in [-0.2, -0.15) is 0 Å². The molecule has 0 fully saturated rings. The number of methoxy groups -OCH3 is 1. The topological polar surface area (TPSA) is 63.2 Å². The fourth-order valence-corrected chi connectivity index (χ4v) is 5.57. The summed E-state index contributed by atoms with van der Waals surface area (Å²) in [5, 5.41) is 9.13. The van der Waals surface area contributed by atoms with E-state index in [0.29, 0.717) is 11.6 Å². The molecule has 2 atom stereocenters. The third-order valence-electron chi connectivity index (χ3n) is 6.84. The molecular weight excluding hydrogens is 454 g/mol. The fourth-order valence-electron chi connectivity index (χ4n) is 5.05. The van der Waals surface area contributed by atoms with Crippen molar-refractivity contribution in [2.24, 2.45) is 5.41 Å². The highest BCUT2D eigenvalue weighted by molar-refractivity contribution is 7.13. The van der Waals surface area contributed by atoms with E-state index in [-0.39, 0.29) is 11.8 Å². The summed E-state index contributed by atoms with van der Waals surface area (Å²) in [4.78, 5) is 17.8. The van der Waals surface area contributed by atoms with Crippen molar-refractivity contribution in [2.45, 2.75) is 32.4 Å². The van der Waals surface area contributed by atoms with E-state index in [4.69, 9.17) is 4.74 Å². The van der Waals surface area contributed by atoms with Gasteiger partial charge in [0.1, 0.15) is 5.75 Å². The Morgan fingerprint density at radius 1 is 1.06 bits per heavy atom. The van der Waals surface area contributed by atoms with Crippen LogP contribution < -0.4 is 15.4 Å². The molecule has 1 heterocycles. The number of hydrogen-bond donors (Lipinski definition) is 2. The Morgan fingerprint density at radius 2 is 1.80 bits per heavy atom. The van der Waals surface area contributed by atoms with Gasteiger partial charge in [0.05, 0.1) is 12.5 Å². The Kier molecular flexibility index (Phi) is 6.66. The number of thiazole rings is 1. The van der Waals surface area contributed by atoms with Gasteiger partial charge in [0.25, 0.3) is 0 Å². The Hall–Kier alpha value is -3.48. The molecule has 1 aliphatic rings. The lowest BCUT2D eigenvalue weighted by Crippen LogP contribution is -2.37. The molecule has 0 bridgehead atoms. The van der Waals surface area contributed by atoms with Gasteiger partial charge in [0, 0.05) is 30.6 Å². The number of rotatable bonds is 8. The Balaban J connectivity index is 1.38. The average Bonchev–Trinajstić information content (AvgIpc) is 3.50. The van der Waals surface area contributed by atoms with Crippen LogP contribution in [0.1, 0.15) is 40.7 Å². The summed E-state index contributed by atoms with van der Waals surface area (Å²) < 4.78 is 5.24. The largest absolute Gasteiger partial charge is 0.497 e. The number of anilines is 1. The highest BCUT2D eigenvalue weighted by Gasteiger charge is 2.48. The standard InChI is InChI=1S/C29H29N3O2S/c1-29(27(33)32-28-31-14-15-35-28)17-23-11-8-21(16-25(23)26(29)22-6-4-3-5-7-22)19-30-18-20-9-12-24(34-2)13-10-20/h3-16,26,30H,17-19H2,1-2H3,(H,31,32,33). The Bertz CT molecular complexity index is 1290. The van der Waals surface area contributed by atoms with Crippen LogP contribution in [0.15, 0.2) is 84.4 Å². The molecule has 1 amide bonds. The SMILES string of the molecule is COc1ccc(CNCc2ccc3c(c2)C(c2ccccc2)C(C)(C(=O)Nc2nccs2)C3)cc1. The molecule has 0 radical (unpaired) electrons. The van der Waals surface area contributed by atoms with E-state index in [1.54, 1.807) is 13.3 Å². The second kappa shape index (κ2) is 10.0. The number of hydrogen-bond acceptors (Lipinski definition) is 5. The Morgan fingerprint density at radius 3 is 2.51 bits per heavy atom. The summed E-state index contributed by atoms with van der Waals surface area (Å²) in [6.45, 7) is 3.61. The van der Waals surface area contributed by atoms with Crippen molar-refractivity contribution in [3.05, 3.63) is 112 Å². The third-order valence-corrected chi connectivity index (χ3v) is 7.53.